The Bertz CT molecular complexity index is 214. The van der Waals surface area contributed by atoms with Crippen LogP contribution in [0.1, 0.15) is 12.0 Å². The van der Waals surface area contributed by atoms with Gasteiger partial charge < -0.3 is 12.4 Å². The molecule has 1 aromatic rings. The molecule has 11 heavy (non-hydrogen) atoms. The van der Waals surface area contributed by atoms with Gasteiger partial charge in [0.15, 0.2) is 0 Å². The van der Waals surface area contributed by atoms with Gasteiger partial charge in [-0.1, -0.05) is 0 Å². The summed E-state index contributed by atoms with van der Waals surface area (Å²) in [5.74, 6) is 0. The van der Waals surface area contributed by atoms with Crippen LogP contribution in [0.4, 0.5) is 8.78 Å². The van der Waals surface area contributed by atoms with Crippen molar-refractivity contribution in [3.63, 3.8) is 0 Å². The number of alkyl halides is 2. The van der Waals surface area contributed by atoms with Crippen LogP contribution in [-0.2, 0) is 0 Å². The average Bonchev–Trinajstić information content (AvgIpc) is 1.88. The van der Waals surface area contributed by atoms with Crippen LogP contribution >= 0.6 is 0 Å². The van der Waals surface area contributed by atoms with E-state index in [9.17, 15) is 8.78 Å². The fourth-order valence-electron chi connectivity index (χ4n) is 0.565. The molecule has 1 heterocycles. The molecule has 0 aliphatic heterocycles. The minimum atomic E-state index is -2.41. The molecule has 0 aliphatic rings. The maximum Gasteiger partial charge on any atom is -1.00 e. The van der Waals surface area contributed by atoms with Gasteiger partial charge in [0.2, 0.25) is 0 Å². The van der Waals surface area contributed by atoms with Crippen molar-refractivity contribution in [3.8, 4) is 0 Å². The van der Waals surface area contributed by atoms with Gasteiger partial charge in [0.05, 0.1) is 0 Å². The number of aromatic nitrogens is 1. The van der Waals surface area contributed by atoms with Crippen LogP contribution in [0.15, 0.2) is 18.3 Å². The molecule has 0 saturated heterocycles. The second-order valence-electron chi connectivity index (χ2n) is 1.88. The molecule has 5 heteroatoms. The Morgan fingerprint density at radius 1 is 1.36 bits per heavy atom. The zero-order valence-corrected chi connectivity index (χ0v) is 7.77. The molecular formula is C6H4ClF2MgN. The number of halogens is 3. The zero-order valence-electron chi connectivity index (χ0n) is 5.60. The molecule has 0 N–H and O–H groups in total. The Morgan fingerprint density at radius 2 is 2.00 bits per heavy atom. The van der Waals surface area contributed by atoms with Gasteiger partial charge in [-0.05, 0) is 0 Å². The molecule has 0 spiro atoms. The van der Waals surface area contributed by atoms with E-state index in [4.69, 9.17) is 0 Å². The van der Waals surface area contributed by atoms with Crippen molar-refractivity contribution in [1.29, 1.82) is 0 Å². The number of rotatable bonds is 1. The third-order valence-electron chi connectivity index (χ3n) is 1.10. The van der Waals surface area contributed by atoms with Crippen molar-refractivity contribution in [2.75, 3.05) is 0 Å². The second kappa shape index (κ2) is 4.85. The van der Waals surface area contributed by atoms with Gasteiger partial charge in [-0.3, -0.25) is 0 Å². The second-order valence-corrected chi connectivity index (χ2v) is 2.61. The van der Waals surface area contributed by atoms with E-state index in [0.717, 1.165) is 3.82 Å². The quantitative estimate of drug-likeness (QED) is 0.456. The predicted molar refractivity (Wildman–Crippen MR) is 34.6 cm³/mol. The van der Waals surface area contributed by atoms with Crippen LogP contribution < -0.4 is 16.2 Å². The molecule has 0 radical (unpaired) electrons. The van der Waals surface area contributed by atoms with Crippen molar-refractivity contribution < 1.29 is 21.2 Å². The van der Waals surface area contributed by atoms with Crippen LogP contribution in [0, 0.1) is 0 Å². The molecule has 56 valence electrons. The normalized spacial score (nSPS) is 9.55. The minimum Gasteiger partial charge on any atom is -1.00 e. The van der Waals surface area contributed by atoms with Crippen LogP contribution in [0.5, 0.6) is 0 Å². The van der Waals surface area contributed by atoms with Gasteiger partial charge in [-0.15, -0.1) is 0 Å². The Morgan fingerprint density at radius 3 is 2.36 bits per heavy atom. The summed E-state index contributed by atoms with van der Waals surface area (Å²) in [4.78, 5) is 3.73. The summed E-state index contributed by atoms with van der Waals surface area (Å²) < 4.78 is 24.5. The Labute approximate surface area is 82.1 Å². The zero-order chi connectivity index (χ0) is 7.56. The fraction of sp³-hybridized carbons (Fsp3) is 0.167. The van der Waals surface area contributed by atoms with Crippen LogP contribution in [-0.4, -0.2) is 26.7 Å². The van der Waals surface area contributed by atoms with Crippen molar-refractivity contribution >= 4 is 25.5 Å². The molecule has 0 aliphatic carbocycles. The summed E-state index contributed by atoms with van der Waals surface area (Å²) in [5.41, 5.74) is -0.0181. The van der Waals surface area contributed by atoms with Gasteiger partial charge in [-0.2, -0.15) is 0 Å². The number of hydrogen-bond donors (Lipinski definition) is 0. The van der Waals surface area contributed by atoms with Crippen LogP contribution in [0.2, 0.25) is 0 Å². The summed E-state index contributed by atoms with van der Waals surface area (Å²) in [6.07, 6.45) is -1.20. The molecule has 1 nitrogen and oxygen atoms in total. The summed E-state index contributed by atoms with van der Waals surface area (Å²) in [5, 5.41) is 0. The van der Waals surface area contributed by atoms with Crippen LogP contribution in [0.25, 0.3) is 0 Å². The van der Waals surface area contributed by atoms with E-state index in [1.54, 1.807) is 27.8 Å². The van der Waals surface area contributed by atoms with Crippen molar-refractivity contribution in [3.05, 3.63) is 23.9 Å². The van der Waals surface area contributed by atoms with E-state index in [0.29, 0.717) is 0 Å². The molecule has 1 rings (SSSR count). The first kappa shape index (κ1) is 11.1. The van der Waals surface area contributed by atoms with Gasteiger partial charge in [0.25, 0.3) is 0 Å². The van der Waals surface area contributed by atoms with Crippen LogP contribution in [0.3, 0.4) is 0 Å². The Kier molecular flexibility index (Phi) is 4.88. The van der Waals surface area contributed by atoms with Gasteiger partial charge in [0, 0.05) is 0 Å². The van der Waals surface area contributed by atoms with Gasteiger partial charge >= 0.3 is 69.6 Å². The molecule has 0 atom stereocenters. The molecule has 0 bridgehead atoms. The van der Waals surface area contributed by atoms with E-state index in [-0.39, 0.29) is 18.0 Å². The maximum atomic E-state index is 11.9. The Balaban J connectivity index is 0.000001000. The molecule has 1 aromatic heterocycles. The number of hydrogen-bond acceptors (Lipinski definition) is 1. The molecular weight excluding hydrogens is 184 g/mol. The van der Waals surface area contributed by atoms with E-state index in [1.165, 1.54) is 12.3 Å². The molecule has 0 unspecified atom stereocenters. The van der Waals surface area contributed by atoms with E-state index >= 15 is 0 Å². The summed E-state index contributed by atoms with van der Waals surface area (Å²) in [6.45, 7) is 0. The summed E-state index contributed by atoms with van der Waals surface area (Å²) in [6, 6.07) is 2.97. The first-order valence-corrected chi connectivity index (χ1v) is 3.47. The third kappa shape index (κ3) is 3.31. The third-order valence-corrected chi connectivity index (χ3v) is 1.52. The topological polar surface area (TPSA) is 12.9 Å². The molecule has 0 amide bonds. The van der Waals surface area contributed by atoms with Crippen molar-refractivity contribution in [2.45, 2.75) is 6.43 Å². The minimum absolute atomic E-state index is 0. The molecule has 0 saturated carbocycles. The van der Waals surface area contributed by atoms with E-state index in [2.05, 4.69) is 4.98 Å². The standard InChI is InChI=1S/C6H4F2N.ClH.Mg/c7-6(8)5-2-1-3-9-4-5;;/h1-2,4,6H;1H;/q;;+1/p-1. The number of pyridine rings is 1. The van der Waals surface area contributed by atoms with Crippen molar-refractivity contribution in [2.24, 2.45) is 0 Å². The van der Waals surface area contributed by atoms with Gasteiger partial charge in [-0.25, -0.2) is 0 Å². The van der Waals surface area contributed by atoms with E-state index < -0.39 is 6.43 Å². The fourth-order valence-corrected chi connectivity index (χ4v) is 0.774. The predicted octanol–water partition coefficient (Wildman–Crippen LogP) is -2.18. The Hall–Kier alpha value is 0.0662. The summed E-state index contributed by atoms with van der Waals surface area (Å²) in [7, 11) is 0. The largest absolute Gasteiger partial charge is 1.00 e. The summed E-state index contributed by atoms with van der Waals surface area (Å²) >= 11 is 1.57. The average molecular weight is 188 g/mol. The van der Waals surface area contributed by atoms with E-state index in [1.807, 2.05) is 0 Å². The SMILES string of the molecule is FC(F)c1cc[c]([Mg+])nc1.[Cl-]. The first-order chi connectivity index (χ1) is 4.70. The first-order valence-electron chi connectivity index (χ1n) is 2.76. The van der Waals surface area contributed by atoms with Crippen molar-refractivity contribution in [1.82, 2.24) is 4.98 Å². The molecule has 0 fully saturated rings. The van der Waals surface area contributed by atoms with Gasteiger partial charge in [0.1, 0.15) is 0 Å². The molecule has 0 aromatic carbocycles. The number of nitrogens with zero attached hydrogens (tertiary/aromatic N) is 1. The monoisotopic (exact) mass is 187 g/mol. The maximum absolute atomic E-state index is 11.9. The smallest absolute Gasteiger partial charge is 1.00 e.